The first kappa shape index (κ1) is 17.2. The fourth-order valence-electron chi connectivity index (χ4n) is 3.60. The minimum absolute atomic E-state index is 0.0366. The maximum absolute atomic E-state index is 10.0. The average molecular weight is 327 g/mol. The number of aromatic nitrogens is 2. The number of nitrogens with zero attached hydrogens (tertiary/aromatic N) is 2. The number of aromatic amines is 1. The van der Waals surface area contributed by atoms with E-state index in [2.05, 4.69) is 59.3 Å². The van der Waals surface area contributed by atoms with Crippen LogP contribution in [0.3, 0.4) is 0 Å². The lowest BCUT2D eigenvalue weighted by Gasteiger charge is -2.40. The van der Waals surface area contributed by atoms with E-state index >= 15 is 0 Å². The lowest BCUT2D eigenvalue weighted by atomic mass is 9.74. The second-order valence-electron chi connectivity index (χ2n) is 7.57. The van der Waals surface area contributed by atoms with Gasteiger partial charge in [0, 0.05) is 18.8 Å². The van der Waals surface area contributed by atoms with E-state index in [1.165, 1.54) is 11.3 Å². The highest BCUT2D eigenvalue weighted by atomic mass is 16.3. The molecule has 2 heterocycles. The third-order valence-corrected chi connectivity index (χ3v) is 5.31. The Hall–Kier alpha value is -1.65. The molecule has 0 bridgehead atoms. The Morgan fingerprint density at radius 1 is 1.21 bits per heavy atom. The van der Waals surface area contributed by atoms with Gasteiger partial charge in [0.1, 0.15) is 0 Å². The Labute approximate surface area is 144 Å². The smallest absolute Gasteiger partial charge is 0.0650 e. The van der Waals surface area contributed by atoms with Crippen molar-refractivity contribution in [3.8, 4) is 0 Å². The van der Waals surface area contributed by atoms with Gasteiger partial charge in [-0.2, -0.15) is 5.10 Å². The number of likely N-dealkylation sites (tertiary alicyclic amines) is 1. The van der Waals surface area contributed by atoms with Crippen LogP contribution in [0.1, 0.15) is 49.6 Å². The molecular formula is C20H29N3O. The molecule has 4 heteroatoms. The van der Waals surface area contributed by atoms with Crippen molar-refractivity contribution in [2.45, 2.75) is 45.6 Å². The first-order valence-electron chi connectivity index (χ1n) is 9.01. The highest BCUT2D eigenvalue weighted by Crippen LogP contribution is 2.35. The van der Waals surface area contributed by atoms with E-state index in [0.29, 0.717) is 5.92 Å². The van der Waals surface area contributed by atoms with Crippen molar-refractivity contribution in [2.75, 3.05) is 19.7 Å². The Bertz CT molecular complexity index is 627. The van der Waals surface area contributed by atoms with Crippen LogP contribution in [0.5, 0.6) is 0 Å². The van der Waals surface area contributed by atoms with Gasteiger partial charge < -0.3 is 5.11 Å². The molecule has 3 rings (SSSR count). The van der Waals surface area contributed by atoms with Crippen molar-refractivity contribution in [1.82, 2.24) is 15.1 Å². The first-order chi connectivity index (χ1) is 11.6. The molecule has 1 aliphatic rings. The quantitative estimate of drug-likeness (QED) is 0.855. The minimum Gasteiger partial charge on any atom is -0.396 e. The molecule has 1 aliphatic heterocycles. The summed E-state index contributed by atoms with van der Waals surface area (Å²) >= 11 is 0. The average Bonchev–Trinajstić information content (AvgIpc) is 3.07. The lowest BCUT2D eigenvalue weighted by Crippen LogP contribution is -2.42. The van der Waals surface area contributed by atoms with E-state index in [-0.39, 0.29) is 12.0 Å². The van der Waals surface area contributed by atoms with Crippen molar-refractivity contribution >= 4 is 0 Å². The predicted octanol–water partition coefficient (Wildman–Crippen LogP) is 3.35. The minimum atomic E-state index is 0.0366. The molecule has 4 nitrogen and oxygen atoms in total. The molecule has 0 radical (unpaired) electrons. The van der Waals surface area contributed by atoms with Gasteiger partial charge in [-0.3, -0.25) is 10.00 Å². The molecule has 1 saturated heterocycles. The lowest BCUT2D eigenvalue weighted by molar-refractivity contribution is 0.0409. The third kappa shape index (κ3) is 4.05. The van der Waals surface area contributed by atoms with E-state index < -0.39 is 0 Å². The van der Waals surface area contributed by atoms with Gasteiger partial charge in [-0.15, -0.1) is 0 Å². The van der Waals surface area contributed by atoms with Crippen LogP contribution in [0.4, 0.5) is 0 Å². The zero-order valence-electron chi connectivity index (χ0n) is 14.8. The summed E-state index contributed by atoms with van der Waals surface area (Å²) in [6.07, 6.45) is 3.06. The number of H-pyrrole nitrogens is 1. The number of piperidine rings is 1. The summed E-state index contributed by atoms with van der Waals surface area (Å²) in [7, 11) is 0. The Morgan fingerprint density at radius 3 is 2.50 bits per heavy atom. The van der Waals surface area contributed by atoms with E-state index in [9.17, 15) is 5.11 Å². The van der Waals surface area contributed by atoms with Crippen molar-refractivity contribution in [1.29, 1.82) is 0 Å². The van der Waals surface area contributed by atoms with Crippen LogP contribution in [-0.4, -0.2) is 39.9 Å². The Kier molecular flexibility index (Phi) is 5.36. The van der Waals surface area contributed by atoms with Crippen LogP contribution in [0.2, 0.25) is 0 Å². The number of aliphatic hydroxyl groups excluding tert-OH is 1. The van der Waals surface area contributed by atoms with Gasteiger partial charge >= 0.3 is 0 Å². The van der Waals surface area contributed by atoms with Gasteiger partial charge in [-0.1, -0.05) is 44.2 Å². The Morgan fingerprint density at radius 2 is 1.92 bits per heavy atom. The monoisotopic (exact) mass is 327 g/mol. The van der Waals surface area contributed by atoms with Gasteiger partial charge in [0.25, 0.3) is 0 Å². The molecule has 0 saturated carbocycles. The van der Waals surface area contributed by atoms with Gasteiger partial charge in [0.15, 0.2) is 0 Å². The molecule has 2 aromatic rings. The largest absolute Gasteiger partial charge is 0.396 e. The molecular weight excluding hydrogens is 298 g/mol. The summed E-state index contributed by atoms with van der Waals surface area (Å²) in [6, 6.07) is 12.7. The summed E-state index contributed by atoms with van der Waals surface area (Å²) in [5.74, 6) is 0.462. The number of nitrogens with one attached hydrogen (secondary N) is 1. The first-order valence-corrected chi connectivity index (χ1v) is 9.01. The number of benzene rings is 1. The zero-order valence-corrected chi connectivity index (χ0v) is 14.8. The number of hydrogen-bond acceptors (Lipinski definition) is 3. The van der Waals surface area contributed by atoms with E-state index in [1.54, 1.807) is 0 Å². The van der Waals surface area contributed by atoms with Gasteiger partial charge in [0.05, 0.1) is 5.69 Å². The van der Waals surface area contributed by atoms with Gasteiger partial charge in [-0.25, -0.2) is 0 Å². The fraction of sp³-hybridized carbons (Fsp3) is 0.550. The standard InChI is InChI=1S/C20H29N3O/c1-16(2)19-12-18(21-22-19)14-23-10-8-20(15-24,9-11-23)13-17-6-4-3-5-7-17/h3-7,12,16,24H,8-11,13-15H2,1-2H3,(H,21,22). The maximum Gasteiger partial charge on any atom is 0.0650 e. The highest BCUT2D eigenvalue weighted by Gasteiger charge is 2.34. The molecule has 0 unspecified atom stereocenters. The summed E-state index contributed by atoms with van der Waals surface area (Å²) in [5.41, 5.74) is 3.69. The molecule has 1 aromatic heterocycles. The number of hydrogen-bond donors (Lipinski definition) is 2. The molecule has 2 N–H and O–H groups in total. The summed E-state index contributed by atoms with van der Waals surface area (Å²) in [4.78, 5) is 2.47. The van der Waals surface area contributed by atoms with Crippen LogP contribution in [0.15, 0.2) is 36.4 Å². The molecule has 0 atom stereocenters. The van der Waals surface area contributed by atoms with Crippen molar-refractivity contribution in [2.24, 2.45) is 5.41 Å². The summed E-state index contributed by atoms with van der Waals surface area (Å²) in [6.45, 7) is 7.59. The SMILES string of the molecule is CC(C)c1cc(CN2CCC(CO)(Cc3ccccc3)CC2)[nH]n1. The van der Waals surface area contributed by atoms with Crippen LogP contribution >= 0.6 is 0 Å². The molecule has 24 heavy (non-hydrogen) atoms. The summed E-state index contributed by atoms with van der Waals surface area (Å²) < 4.78 is 0. The summed E-state index contributed by atoms with van der Waals surface area (Å²) in [5, 5.41) is 17.6. The number of aliphatic hydroxyl groups is 1. The molecule has 130 valence electrons. The molecule has 0 aliphatic carbocycles. The van der Waals surface area contributed by atoms with E-state index in [4.69, 9.17) is 0 Å². The maximum atomic E-state index is 10.0. The predicted molar refractivity (Wildman–Crippen MR) is 96.9 cm³/mol. The third-order valence-electron chi connectivity index (χ3n) is 5.31. The van der Waals surface area contributed by atoms with E-state index in [1.807, 2.05) is 6.07 Å². The zero-order chi connectivity index (χ0) is 17.0. The topological polar surface area (TPSA) is 52.1 Å². The van der Waals surface area contributed by atoms with Crippen LogP contribution in [-0.2, 0) is 13.0 Å². The van der Waals surface area contributed by atoms with Crippen molar-refractivity contribution < 1.29 is 5.11 Å². The second-order valence-corrected chi connectivity index (χ2v) is 7.57. The molecule has 1 aromatic carbocycles. The second kappa shape index (κ2) is 7.49. The van der Waals surface area contributed by atoms with Crippen LogP contribution < -0.4 is 0 Å². The molecule has 0 amide bonds. The number of rotatable bonds is 6. The fourth-order valence-corrected chi connectivity index (χ4v) is 3.60. The molecule has 0 spiro atoms. The van der Waals surface area contributed by atoms with Crippen LogP contribution in [0.25, 0.3) is 0 Å². The Balaban J connectivity index is 1.57. The van der Waals surface area contributed by atoms with E-state index in [0.717, 1.165) is 44.6 Å². The van der Waals surface area contributed by atoms with Gasteiger partial charge in [-0.05, 0) is 55.3 Å². The van der Waals surface area contributed by atoms with Crippen LogP contribution in [0, 0.1) is 5.41 Å². The highest BCUT2D eigenvalue weighted by molar-refractivity contribution is 5.17. The molecule has 1 fully saturated rings. The van der Waals surface area contributed by atoms with Crippen molar-refractivity contribution in [3.05, 3.63) is 53.3 Å². The van der Waals surface area contributed by atoms with Gasteiger partial charge in [0.2, 0.25) is 0 Å². The normalized spacial score (nSPS) is 18.2. The van der Waals surface area contributed by atoms with Crippen molar-refractivity contribution in [3.63, 3.8) is 0 Å².